The summed E-state index contributed by atoms with van der Waals surface area (Å²) in [6.45, 7) is 1.58. The minimum absolute atomic E-state index is 0.0802. The standard InChI is InChI=1S/C22H25N3O4/c26-21(9-7-16-6-8-19-20(14-16)29-15-28-19)25-12-10-18(11-13-25)24-22(27)23-17-4-2-1-3-5-17/h1-6,8,14,18H,7,9-13,15H2,(H2,23,24,27). The van der Waals surface area contributed by atoms with Crippen LogP contribution in [0.25, 0.3) is 0 Å². The fourth-order valence-corrected chi connectivity index (χ4v) is 3.65. The maximum absolute atomic E-state index is 12.5. The van der Waals surface area contributed by atoms with Crippen LogP contribution < -0.4 is 20.1 Å². The highest BCUT2D eigenvalue weighted by atomic mass is 16.7. The van der Waals surface area contributed by atoms with E-state index < -0.39 is 0 Å². The van der Waals surface area contributed by atoms with E-state index in [-0.39, 0.29) is 24.8 Å². The molecular formula is C22H25N3O4. The Morgan fingerprint density at radius 3 is 2.55 bits per heavy atom. The van der Waals surface area contributed by atoms with Gasteiger partial charge in [-0.3, -0.25) is 4.79 Å². The van der Waals surface area contributed by atoms with E-state index in [1.165, 1.54) is 0 Å². The Labute approximate surface area is 170 Å². The number of piperidine rings is 1. The largest absolute Gasteiger partial charge is 0.454 e. The van der Waals surface area contributed by atoms with E-state index in [1.54, 1.807) is 0 Å². The summed E-state index contributed by atoms with van der Waals surface area (Å²) >= 11 is 0. The molecule has 0 spiro atoms. The molecule has 0 bridgehead atoms. The highest BCUT2D eigenvalue weighted by Crippen LogP contribution is 2.32. The van der Waals surface area contributed by atoms with Gasteiger partial charge in [0.15, 0.2) is 11.5 Å². The average Bonchev–Trinajstić information content (AvgIpc) is 3.21. The lowest BCUT2D eigenvalue weighted by molar-refractivity contribution is -0.132. The van der Waals surface area contributed by atoms with Gasteiger partial charge in [0.2, 0.25) is 12.7 Å². The number of anilines is 1. The minimum atomic E-state index is -0.205. The Kier molecular flexibility index (Phi) is 5.84. The molecule has 152 valence electrons. The van der Waals surface area contributed by atoms with Crippen molar-refractivity contribution < 1.29 is 19.1 Å². The van der Waals surface area contributed by atoms with Crippen LogP contribution in [0.3, 0.4) is 0 Å². The summed E-state index contributed by atoms with van der Waals surface area (Å²) in [6.07, 6.45) is 2.66. The number of benzene rings is 2. The molecule has 29 heavy (non-hydrogen) atoms. The summed E-state index contributed by atoms with van der Waals surface area (Å²) in [5.41, 5.74) is 1.83. The molecule has 1 fully saturated rings. The van der Waals surface area contributed by atoms with Crippen LogP contribution in [0.1, 0.15) is 24.8 Å². The third-order valence-corrected chi connectivity index (χ3v) is 5.28. The van der Waals surface area contributed by atoms with Gasteiger partial charge in [0.25, 0.3) is 0 Å². The lowest BCUT2D eigenvalue weighted by atomic mass is 10.0. The number of hydrogen-bond acceptors (Lipinski definition) is 4. The first-order valence-electron chi connectivity index (χ1n) is 9.96. The van der Waals surface area contributed by atoms with Gasteiger partial charge >= 0.3 is 6.03 Å². The van der Waals surface area contributed by atoms with Crippen molar-refractivity contribution in [3.05, 3.63) is 54.1 Å². The molecule has 0 saturated carbocycles. The SMILES string of the molecule is O=C(Nc1ccccc1)NC1CCN(C(=O)CCc2ccc3c(c2)OCO3)CC1. The summed E-state index contributed by atoms with van der Waals surface area (Å²) in [4.78, 5) is 26.5. The fourth-order valence-electron chi connectivity index (χ4n) is 3.65. The van der Waals surface area contributed by atoms with Gasteiger partial charge in [-0.2, -0.15) is 0 Å². The number of aryl methyl sites for hydroxylation is 1. The summed E-state index contributed by atoms with van der Waals surface area (Å²) in [7, 11) is 0. The van der Waals surface area contributed by atoms with E-state index in [0.717, 1.165) is 35.6 Å². The Bertz CT molecular complexity index is 864. The molecule has 2 aliphatic rings. The zero-order valence-corrected chi connectivity index (χ0v) is 16.2. The van der Waals surface area contributed by atoms with Crippen molar-refractivity contribution in [2.75, 3.05) is 25.2 Å². The summed E-state index contributed by atoms with van der Waals surface area (Å²) < 4.78 is 10.7. The van der Waals surface area contributed by atoms with E-state index in [1.807, 2.05) is 53.4 Å². The van der Waals surface area contributed by atoms with Gasteiger partial charge in [0, 0.05) is 31.2 Å². The molecule has 0 atom stereocenters. The quantitative estimate of drug-likeness (QED) is 0.815. The third kappa shape index (κ3) is 4.99. The van der Waals surface area contributed by atoms with E-state index in [0.29, 0.717) is 25.9 Å². The van der Waals surface area contributed by atoms with Gasteiger partial charge in [-0.15, -0.1) is 0 Å². The van der Waals surface area contributed by atoms with Gasteiger partial charge in [-0.05, 0) is 49.1 Å². The first kappa shape index (κ1) is 19.1. The number of hydrogen-bond donors (Lipinski definition) is 2. The minimum Gasteiger partial charge on any atom is -0.454 e. The number of likely N-dealkylation sites (tertiary alicyclic amines) is 1. The number of nitrogens with zero attached hydrogens (tertiary/aromatic N) is 1. The number of ether oxygens (including phenoxy) is 2. The van der Waals surface area contributed by atoms with E-state index in [9.17, 15) is 9.59 Å². The molecule has 7 heteroatoms. The lowest BCUT2D eigenvalue weighted by Crippen LogP contribution is -2.47. The Balaban J connectivity index is 1.19. The number of urea groups is 1. The normalized spacial score (nSPS) is 15.8. The van der Waals surface area contributed by atoms with Crippen LogP contribution in [-0.2, 0) is 11.2 Å². The number of amides is 3. The van der Waals surface area contributed by atoms with Crippen molar-refractivity contribution in [2.24, 2.45) is 0 Å². The smallest absolute Gasteiger partial charge is 0.319 e. The second-order valence-corrected chi connectivity index (χ2v) is 7.31. The van der Waals surface area contributed by atoms with Crippen molar-refractivity contribution in [1.29, 1.82) is 0 Å². The number of carbonyl (C=O) groups excluding carboxylic acids is 2. The number of nitrogens with one attached hydrogen (secondary N) is 2. The molecule has 4 rings (SSSR count). The molecule has 1 saturated heterocycles. The number of rotatable bonds is 5. The monoisotopic (exact) mass is 395 g/mol. The lowest BCUT2D eigenvalue weighted by Gasteiger charge is -2.32. The van der Waals surface area contributed by atoms with Crippen LogP contribution in [-0.4, -0.2) is 42.8 Å². The highest BCUT2D eigenvalue weighted by Gasteiger charge is 2.24. The Morgan fingerprint density at radius 1 is 1.00 bits per heavy atom. The third-order valence-electron chi connectivity index (χ3n) is 5.28. The summed E-state index contributed by atoms with van der Waals surface area (Å²) in [5, 5.41) is 5.82. The molecular weight excluding hydrogens is 370 g/mol. The van der Waals surface area contributed by atoms with Gasteiger partial charge in [-0.25, -0.2) is 4.79 Å². The predicted octanol–water partition coefficient (Wildman–Crippen LogP) is 3.16. The molecule has 7 nitrogen and oxygen atoms in total. The topological polar surface area (TPSA) is 79.9 Å². The molecule has 2 aliphatic heterocycles. The van der Waals surface area contributed by atoms with Gasteiger partial charge in [0.1, 0.15) is 0 Å². The molecule has 3 amide bonds. The molecule has 0 radical (unpaired) electrons. The molecule has 2 aromatic carbocycles. The molecule has 2 heterocycles. The molecule has 2 N–H and O–H groups in total. The maximum atomic E-state index is 12.5. The number of carbonyl (C=O) groups is 2. The maximum Gasteiger partial charge on any atom is 0.319 e. The van der Waals surface area contributed by atoms with E-state index in [4.69, 9.17) is 9.47 Å². The molecule has 0 aliphatic carbocycles. The second-order valence-electron chi connectivity index (χ2n) is 7.31. The zero-order chi connectivity index (χ0) is 20.1. The molecule has 0 aromatic heterocycles. The van der Waals surface area contributed by atoms with Crippen molar-refractivity contribution in [1.82, 2.24) is 10.2 Å². The van der Waals surface area contributed by atoms with Crippen molar-refractivity contribution in [3.8, 4) is 11.5 Å². The highest BCUT2D eigenvalue weighted by molar-refractivity contribution is 5.89. The average molecular weight is 395 g/mol. The number of para-hydroxylation sites is 1. The predicted molar refractivity (Wildman–Crippen MR) is 109 cm³/mol. The second kappa shape index (κ2) is 8.86. The molecule has 0 unspecified atom stereocenters. The van der Waals surface area contributed by atoms with Crippen molar-refractivity contribution >= 4 is 17.6 Å². The van der Waals surface area contributed by atoms with Crippen LogP contribution in [0.15, 0.2) is 48.5 Å². The first-order chi connectivity index (χ1) is 14.2. The number of fused-ring (bicyclic) bond motifs is 1. The van der Waals surface area contributed by atoms with Crippen LogP contribution in [0, 0.1) is 0 Å². The Morgan fingerprint density at radius 2 is 1.76 bits per heavy atom. The zero-order valence-electron chi connectivity index (χ0n) is 16.2. The van der Waals surface area contributed by atoms with Crippen LogP contribution in [0.2, 0.25) is 0 Å². The fraction of sp³-hybridized carbons (Fsp3) is 0.364. The van der Waals surface area contributed by atoms with Gasteiger partial charge < -0.3 is 25.0 Å². The van der Waals surface area contributed by atoms with Crippen molar-refractivity contribution in [3.63, 3.8) is 0 Å². The van der Waals surface area contributed by atoms with E-state index >= 15 is 0 Å². The molecule has 2 aromatic rings. The van der Waals surface area contributed by atoms with Gasteiger partial charge in [0.05, 0.1) is 0 Å². The first-order valence-corrected chi connectivity index (χ1v) is 9.96. The van der Waals surface area contributed by atoms with Gasteiger partial charge in [-0.1, -0.05) is 24.3 Å². The van der Waals surface area contributed by atoms with Crippen LogP contribution >= 0.6 is 0 Å². The summed E-state index contributed by atoms with van der Waals surface area (Å²) in [5.74, 6) is 1.65. The van der Waals surface area contributed by atoms with Crippen molar-refractivity contribution in [2.45, 2.75) is 31.7 Å². The van der Waals surface area contributed by atoms with Crippen LogP contribution in [0.5, 0.6) is 11.5 Å². The van der Waals surface area contributed by atoms with E-state index in [2.05, 4.69) is 10.6 Å². The summed E-state index contributed by atoms with van der Waals surface area (Å²) in [6, 6.07) is 15.0. The Hall–Kier alpha value is -3.22. The van der Waals surface area contributed by atoms with Crippen LogP contribution in [0.4, 0.5) is 10.5 Å².